The van der Waals surface area contributed by atoms with E-state index in [1.54, 1.807) is 11.8 Å². The molecule has 1 aliphatic carbocycles. The molecule has 5 amide bonds. The minimum Gasteiger partial charge on any atom is -0.350 e. The Balaban J connectivity index is 1.87. The Kier molecular flexibility index (Phi) is 14.9. The van der Waals surface area contributed by atoms with Gasteiger partial charge in [-0.05, 0) is 62.2 Å². The molecule has 3 aliphatic rings. The van der Waals surface area contributed by atoms with Crippen LogP contribution in [0.1, 0.15) is 113 Å². The van der Waals surface area contributed by atoms with Gasteiger partial charge in [0.1, 0.15) is 12.1 Å². The SMILES string of the molecule is CCCCC(NC(=O)[C@@H]1[C@@H](C(C)C)CCN1C(=O)[C@@H](NC(=O)N[C@H](CN1CCCS1(=O)=O)C(C)(C)C)C1CCCCC1)C(=O)C(=O)NCC. The van der Waals surface area contributed by atoms with Crippen molar-refractivity contribution < 1.29 is 32.4 Å². The number of ketones is 1. The first-order chi connectivity index (χ1) is 23.0. The fraction of sp³-hybridized carbons (Fsp3) is 0.857. The van der Waals surface area contributed by atoms with E-state index < -0.39 is 63.2 Å². The number of sulfonamides is 1. The molecule has 0 aromatic carbocycles. The molecule has 3 fully saturated rings. The summed E-state index contributed by atoms with van der Waals surface area (Å²) in [6.45, 7) is 14.7. The van der Waals surface area contributed by atoms with E-state index in [1.165, 1.54) is 4.31 Å². The molecule has 1 saturated carbocycles. The molecule has 280 valence electrons. The van der Waals surface area contributed by atoms with E-state index in [9.17, 15) is 32.4 Å². The van der Waals surface area contributed by atoms with Crippen LogP contribution in [-0.2, 0) is 29.2 Å². The van der Waals surface area contributed by atoms with Crippen molar-refractivity contribution in [3.63, 3.8) is 0 Å². The van der Waals surface area contributed by atoms with Crippen molar-refractivity contribution in [2.24, 2.45) is 23.2 Å². The smallest absolute Gasteiger partial charge is 0.315 e. The van der Waals surface area contributed by atoms with E-state index in [4.69, 9.17) is 0 Å². The van der Waals surface area contributed by atoms with Gasteiger partial charge in [-0.15, -0.1) is 0 Å². The van der Waals surface area contributed by atoms with Gasteiger partial charge < -0.3 is 26.2 Å². The van der Waals surface area contributed by atoms with Crippen molar-refractivity contribution in [2.75, 3.05) is 31.9 Å². The van der Waals surface area contributed by atoms with E-state index >= 15 is 0 Å². The molecule has 0 aromatic heterocycles. The molecule has 49 heavy (non-hydrogen) atoms. The van der Waals surface area contributed by atoms with Gasteiger partial charge in [-0.1, -0.05) is 73.6 Å². The van der Waals surface area contributed by atoms with Gasteiger partial charge in [0.15, 0.2) is 0 Å². The number of amides is 5. The molecule has 1 unspecified atom stereocenters. The molecule has 14 heteroatoms. The summed E-state index contributed by atoms with van der Waals surface area (Å²) >= 11 is 0. The number of likely N-dealkylation sites (tertiary alicyclic amines) is 1. The van der Waals surface area contributed by atoms with E-state index in [0.29, 0.717) is 38.8 Å². The topological polar surface area (TPSA) is 174 Å². The number of rotatable bonds is 15. The molecule has 2 heterocycles. The number of nitrogens with one attached hydrogen (secondary N) is 4. The summed E-state index contributed by atoms with van der Waals surface area (Å²) in [5, 5.41) is 11.4. The molecule has 2 saturated heterocycles. The van der Waals surface area contributed by atoms with E-state index in [0.717, 1.165) is 38.5 Å². The van der Waals surface area contributed by atoms with Crippen LogP contribution in [0.15, 0.2) is 0 Å². The molecule has 0 bridgehead atoms. The van der Waals surface area contributed by atoms with Gasteiger partial charge in [0.05, 0.1) is 11.8 Å². The summed E-state index contributed by atoms with van der Waals surface area (Å²) in [6, 6.07) is -3.81. The fourth-order valence-corrected chi connectivity index (χ4v) is 8.98. The average Bonchev–Trinajstić information content (AvgIpc) is 3.64. The van der Waals surface area contributed by atoms with Crippen molar-refractivity contribution in [1.29, 1.82) is 0 Å². The molecule has 3 rings (SSSR count). The minimum atomic E-state index is -3.38. The van der Waals surface area contributed by atoms with Crippen LogP contribution in [-0.4, -0.2) is 103 Å². The van der Waals surface area contributed by atoms with Crippen molar-refractivity contribution in [1.82, 2.24) is 30.5 Å². The molecule has 0 aromatic rings. The third-order valence-electron chi connectivity index (χ3n) is 10.5. The van der Waals surface area contributed by atoms with E-state index in [-0.39, 0.29) is 42.5 Å². The second-order valence-electron chi connectivity index (χ2n) is 15.5. The average molecular weight is 711 g/mol. The van der Waals surface area contributed by atoms with Crippen molar-refractivity contribution >= 4 is 39.6 Å². The van der Waals surface area contributed by atoms with Gasteiger partial charge >= 0.3 is 6.03 Å². The van der Waals surface area contributed by atoms with E-state index in [2.05, 4.69) is 21.3 Å². The Labute approximate surface area is 293 Å². The molecular formula is C35H62N6O7S. The van der Waals surface area contributed by atoms with Gasteiger partial charge in [0.2, 0.25) is 27.6 Å². The number of hydrogen-bond acceptors (Lipinski definition) is 7. The summed E-state index contributed by atoms with van der Waals surface area (Å²) in [4.78, 5) is 69.5. The first kappa shape index (κ1) is 40.7. The molecule has 0 spiro atoms. The lowest BCUT2D eigenvalue weighted by Gasteiger charge is -2.38. The van der Waals surface area contributed by atoms with Crippen LogP contribution in [0.4, 0.5) is 4.79 Å². The maximum Gasteiger partial charge on any atom is 0.315 e. The largest absolute Gasteiger partial charge is 0.350 e. The number of Topliss-reactive ketones (excluding diaryl/α,β-unsaturated/α-hetero) is 1. The van der Waals surface area contributed by atoms with Gasteiger partial charge in [-0.25, -0.2) is 13.2 Å². The lowest BCUT2D eigenvalue weighted by atomic mass is 9.82. The quantitative estimate of drug-likeness (QED) is 0.189. The minimum absolute atomic E-state index is 0.0560. The molecule has 2 aliphatic heterocycles. The highest BCUT2D eigenvalue weighted by Crippen LogP contribution is 2.34. The van der Waals surface area contributed by atoms with Crippen molar-refractivity contribution in [3.05, 3.63) is 0 Å². The predicted molar refractivity (Wildman–Crippen MR) is 189 cm³/mol. The van der Waals surface area contributed by atoms with E-state index in [1.807, 2.05) is 41.5 Å². The van der Waals surface area contributed by atoms with Crippen LogP contribution in [0.25, 0.3) is 0 Å². The first-order valence-electron chi connectivity index (χ1n) is 18.5. The standard InChI is InChI=1S/C35H62N6O7S/c1-8-10-17-26(30(42)32(44)36-9-2)37-31(43)29-25(23(3)4)18-20-41(29)33(45)28(24-15-12-11-13-16-24)39-34(46)38-27(35(5,6)7)22-40-19-14-21-49(40,47)48/h23-29H,8-22H2,1-7H3,(H,36,44)(H,37,43)(H2,38,39,46)/t25-,26?,27-,28+,29+/m1/s1. The fourth-order valence-electron chi connectivity index (χ4n) is 7.44. The number of unbranched alkanes of at least 4 members (excludes halogenated alkanes) is 1. The van der Waals surface area contributed by atoms with Crippen LogP contribution >= 0.6 is 0 Å². The Hall–Kier alpha value is -2.74. The van der Waals surface area contributed by atoms with Gasteiger partial charge in [0, 0.05) is 32.2 Å². The number of hydrogen-bond donors (Lipinski definition) is 4. The third-order valence-corrected chi connectivity index (χ3v) is 12.4. The highest BCUT2D eigenvalue weighted by Gasteiger charge is 2.47. The van der Waals surface area contributed by atoms with Crippen LogP contribution < -0.4 is 21.3 Å². The number of nitrogens with zero attached hydrogens (tertiary/aromatic N) is 2. The summed E-state index contributed by atoms with van der Waals surface area (Å²) in [5.74, 6) is -2.40. The van der Waals surface area contributed by atoms with Gasteiger partial charge in [-0.2, -0.15) is 4.31 Å². The number of urea groups is 1. The monoisotopic (exact) mass is 710 g/mol. The number of carbonyl (C=O) groups excluding carboxylic acids is 5. The predicted octanol–water partition coefficient (Wildman–Crippen LogP) is 2.94. The normalized spacial score (nSPS) is 23.5. The Bertz CT molecular complexity index is 1280. The van der Waals surface area contributed by atoms with Crippen LogP contribution in [0.5, 0.6) is 0 Å². The maximum absolute atomic E-state index is 14.6. The zero-order chi connectivity index (χ0) is 36.5. The molecule has 13 nitrogen and oxygen atoms in total. The Morgan fingerprint density at radius 2 is 1.55 bits per heavy atom. The summed E-state index contributed by atoms with van der Waals surface area (Å²) in [7, 11) is -3.38. The highest BCUT2D eigenvalue weighted by molar-refractivity contribution is 7.89. The number of likely N-dealkylation sites (N-methyl/N-ethyl adjacent to an activating group) is 1. The Morgan fingerprint density at radius 3 is 2.10 bits per heavy atom. The maximum atomic E-state index is 14.6. The summed E-state index contributed by atoms with van der Waals surface area (Å²) in [6.07, 6.45) is 7.26. The molecule has 0 radical (unpaired) electrons. The second kappa shape index (κ2) is 18.0. The van der Waals surface area contributed by atoms with Crippen molar-refractivity contribution in [2.45, 2.75) is 137 Å². The lowest BCUT2D eigenvalue weighted by molar-refractivity contribution is -0.144. The van der Waals surface area contributed by atoms with Gasteiger partial charge in [-0.3, -0.25) is 19.2 Å². The molecular weight excluding hydrogens is 648 g/mol. The zero-order valence-electron chi connectivity index (χ0n) is 30.8. The van der Waals surface area contributed by atoms with Crippen LogP contribution in [0, 0.1) is 23.2 Å². The Morgan fingerprint density at radius 1 is 0.878 bits per heavy atom. The number of carbonyl (C=O) groups is 5. The van der Waals surface area contributed by atoms with Crippen molar-refractivity contribution in [3.8, 4) is 0 Å². The second-order valence-corrected chi connectivity index (χ2v) is 17.6. The lowest BCUT2D eigenvalue weighted by Crippen LogP contribution is -2.61. The van der Waals surface area contributed by atoms with Gasteiger partial charge in [0.25, 0.3) is 5.91 Å². The first-order valence-corrected chi connectivity index (χ1v) is 20.1. The highest BCUT2D eigenvalue weighted by atomic mass is 32.2. The molecule has 5 atom stereocenters. The summed E-state index contributed by atoms with van der Waals surface area (Å²) in [5.41, 5.74) is -0.470. The zero-order valence-corrected chi connectivity index (χ0v) is 31.6. The third kappa shape index (κ3) is 10.9. The van der Waals surface area contributed by atoms with Crippen LogP contribution in [0.2, 0.25) is 0 Å². The molecule has 4 N–H and O–H groups in total. The van der Waals surface area contributed by atoms with Crippen LogP contribution in [0.3, 0.4) is 0 Å². The summed E-state index contributed by atoms with van der Waals surface area (Å²) < 4.78 is 26.6.